The maximum Gasteiger partial charge on any atom is 0.252 e. The van der Waals surface area contributed by atoms with Crippen LogP contribution in [0.2, 0.25) is 39.3 Å². The molecule has 1 heterocycles. The van der Waals surface area contributed by atoms with E-state index in [0.29, 0.717) is 6.54 Å². The van der Waals surface area contributed by atoms with Crippen LogP contribution in [-0.2, 0) is 14.8 Å². The predicted molar refractivity (Wildman–Crippen MR) is 87.6 cm³/mol. The highest BCUT2D eigenvalue weighted by Crippen LogP contribution is 2.41. The van der Waals surface area contributed by atoms with Crippen LogP contribution in [0.25, 0.3) is 0 Å². The Morgan fingerprint density at radius 3 is 2.00 bits per heavy atom. The highest BCUT2D eigenvalue weighted by atomic mass is 28.4. The molecule has 2 rings (SSSR count). The fraction of sp³-hybridized carbons (Fsp3) is 0.533. The van der Waals surface area contributed by atoms with E-state index in [4.69, 9.17) is 4.43 Å². The molecule has 0 aromatic heterocycles. The Kier molecular flexibility index (Phi) is 3.73. The smallest absolute Gasteiger partial charge is 0.252 e. The summed E-state index contributed by atoms with van der Waals surface area (Å²) in [5.41, 5.74) is 0.272. The zero-order valence-electron chi connectivity index (χ0n) is 13.4. The van der Waals surface area contributed by atoms with Gasteiger partial charge in [-0.1, -0.05) is 50.0 Å². The number of hydrogen-bond acceptors (Lipinski definition) is 2. The van der Waals surface area contributed by atoms with Crippen LogP contribution in [-0.4, -0.2) is 33.6 Å². The van der Waals surface area contributed by atoms with Gasteiger partial charge in [-0.25, -0.2) is 0 Å². The third-order valence-electron chi connectivity index (χ3n) is 3.50. The summed E-state index contributed by atoms with van der Waals surface area (Å²) in [5.74, 6) is 0.158. The Bertz CT molecular complexity index is 505. The van der Waals surface area contributed by atoms with Crippen LogP contribution in [0.4, 0.5) is 0 Å². The number of benzene rings is 1. The van der Waals surface area contributed by atoms with Crippen molar-refractivity contribution >= 4 is 22.5 Å². The first-order valence-corrected chi connectivity index (χ1v) is 14.0. The fourth-order valence-corrected chi connectivity index (χ4v) is 5.41. The summed E-state index contributed by atoms with van der Waals surface area (Å²) < 4.78 is 8.40. The fourth-order valence-electron chi connectivity index (χ4n) is 2.61. The van der Waals surface area contributed by atoms with Gasteiger partial charge in [-0.3, -0.25) is 4.79 Å². The molecule has 0 radical (unpaired) electrons. The van der Waals surface area contributed by atoms with Crippen molar-refractivity contribution < 1.29 is 9.22 Å². The summed E-state index contributed by atoms with van der Waals surface area (Å²) in [6.45, 7) is 13.7. The van der Waals surface area contributed by atoms with E-state index in [1.807, 2.05) is 34.9 Å². The first-order valence-electron chi connectivity index (χ1n) is 7.14. The number of carbonyl (C=O) groups excluding carboxylic acids is 1. The van der Waals surface area contributed by atoms with Crippen molar-refractivity contribution in [3.8, 4) is 0 Å². The largest absolute Gasteiger partial charge is 0.399 e. The molecule has 0 unspecified atom stereocenters. The van der Waals surface area contributed by atoms with E-state index in [0.717, 1.165) is 5.56 Å². The van der Waals surface area contributed by atoms with Gasteiger partial charge in [0.2, 0.25) is 0 Å². The number of β-lactam (4-membered cyclic amide) rings is 1. The third kappa shape index (κ3) is 2.75. The van der Waals surface area contributed by atoms with E-state index >= 15 is 0 Å². The van der Waals surface area contributed by atoms with Crippen LogP contribution < -0.4 is 0 Å². The van der Waals surface area contributed by atoms with Gasteiger partial charge in [0.25, 0.3) is 5.91 Å². The lowest BCUT2D eigenvalue weighted by Crippen LogP contribution is -2.73. The molecule has 0 bridgehead atoms. The molecule has 1 aliphatic rings. The topological polar surface area (TPSA) is 29.5 Å². The first kappa shape index (κ1) is 15.5. The third-order valence-corrected chi connectivity index (χ3v) is 6.44. The van der Waals surface area contributed by atoms with Crippen LogP contribution in [0.15, 0.2) is 30.3 Å². The summed E-state index contributed by atoms with van der Waals surface area (Å²) in [5, 5.41) is 0. The number of amides is 1. The van der Waals surface area contributed by atoms with Gasteiger partial charge in [0.05, 0.1) is 6.54 Å². The second-order valence-electron chi connectivity index (χ2n) is 7.47. The van der Waals surface area contributed by atoms with Crippen LogP contribution in [0.5, 0.6) is 0 Å². The minimum Gasteiger partial charge on any atom is -0.399 e. The monoisotopic (exact) mass is 307 g/mol. The zero-order chi connectivity index (χ0) is 15.2. The van der Waals surface area contributed by atoms with Crippen molar-refractivity contribution in [1.29, 1.82) is 0 Å². The van der Waals surface area contributed by atoms with Crippen molar-refractivity contribution in [2.24, 2.45) is 0 Å². The minimum atomic E-state index is -1.81. The molecule has 1 aromatic carbocycles. The predicted octanol–water partition coefficient (Wildman–Crippen LogP) is 3.41. The first-order chi connectivity index (χ1) is 9.06. The average Bonchev–Trinajstić information content (AvgIpc) is 2.31. The van der Waals surface area contributed by atoms with E-state index in [9.17, 15) is 4.79 Å². The maximum absolute atomic E-state index is 12.9. The van der Waals surface area contributed by atoms with Crippen molar-refractivity contribution in [2.75, 3.05) is 6.54 Å². The van der Waals surface area contributed by atoms with Gasteiger partial charge in [0, 0.05) is 0 Å². The number of nitrogens with zero attached hydrogens (tertiary/aromatic N) is 1. The molecule has 20 heavy (non-hydrogen) atoms. The van der Waals surface area contributed by atoms with E-state index in [1.54, 1.807) is 0 Å². The molecular formula is C15H25NO2Si2. The lowest BCUT2D eigenvalue weighted by Gasteiger charge is -2.55. The molecule has 3 nitrogen and oxygen atoms in total. The molecule has 5 heteroatoms. The standard InChI is InChI=1S/C15H25NO2Si2/c1-19(2,3)16-12-15(14(16)17,18-20(4,5)6)13-10-8-7-9-11-13/h7-11H,12H2,1-6H3/t15-/m1/s1. The quantitative estimate of drug-likeness (QED) is 0.630. The summed E-state index contributed by atoms with van der Waals surface area (Å²) in [6, 6.07) is 9.97. The molecule has 0 aliphatic carbocycles. The molecule has 0 N–H and O–H groups in total. The minimum absolute atomic E-state index is 0.158. The Morgan fingerprint density at radius 1 is 1.05 bits per heavy atom. The van der Waals surface area contributed by atoms with Gasteiger partial charge in [0.15, 0.2) is 22.2 Å². The molecule has 1 saturated heterocycles. The van der Waals surface area contributed by atoms with Crippen LogP contribution in [0.1, 0.15) is 5.56 Å². The highest BCUT2D eigenvalue weighted by molar-refractivity contribution is 6.76. The maximum atomic E-state index is 12.9. The molecule has 1 aliphatic heterocycles. The number of rotatable bonds is 4. The Hall–Kier alpha value is -0.916. The van der Waals surface area contributed by atoms with Gasteiger partial charge in [-0.05, 0) is 25.2 Å². The number of hydrogen-bond donors (Lipinski definition) is 0. The molecule has 1 amide bonds. The summed E-state index contributed by atoms with van der Waals surface area (Å²) in [6.07, 6.45) is 0. The van der Waals surface area contributed by atoms with Crippen LogP contribution >= 0.6 is 0 Å². The second kappa shape index (κ2) is 4.82. The van der Waals surface area contributed by atoms with Gasteiger partial charge in [-0.2, -0.15) is 0 Å². The molecular weight excluding hydrogens is 282 g/mol. The van der Waals surface area contributed by atoms with Gasteiger partial charge < -0.3 is 8.99 Å². The molecule has 0 saturated carbocycles. The summed E-state index contributed by atoms with van der Waals surface area (Å²) in [7, 11) is -3.42. The van der Waals surface area contributed by atoms with E-state index in [1.165, 1.54) is 0 Å². The van der Waals surface area contributed by atoms with Crippen molar-refractivity contribution in [3.63, 3.8) is 0 Å². The van der Waals surface area contributed by atoms with Gasteiger partial charge >= 0.3 is 0 Å². The van der Waals surface area contributed by atoms with E-state index in [-0.39, 0.29) is 5.91 Å². The van der Waals surface area contributed by atoms with Gasteiger partial charge in [0.1, 0.15) is 0 Å². The van der Waals surface area contributed by atoms with Crippen LogP contribution in [0.3, 0.4) is 0 Å². The molecule has 1 aromatic rings. The van der Waals surface area contributed by atoms with E-state index < -0.39 is 22.2 Å². The van der Waals surface area contributed by atoms with Crippen molar-refractivity contribution in [3.05, 3.63) is 35.9 Å². The molecule has 0 spiro atoms. The molecule has 110 valence electrons. The van der Waals surface area contributed by atoms with Crippen molar-refractivity contribution in [1.82, 2.24) is 4.57 Å². The highest BCUT2D eigenvalue weighted by Gasteiger charge is 2.58. The Morgan fingerprint density at radius 2 is 1.60 bits per heavy atom. The second-order valence-corrected chi connectivity index (χ2v) is 16.8. The lowest BCUT2D eigenvalue weighted by atomic mass is 9.87. The molecule has 1 atom stereocenters. The summed E-state index contributed by atoms with van der Waals surface area (Å²) >= 11 is 0. The lowest BCUT2D eigenvalue weighted by molar-refractivity contribution is -0.164. The molecule has 1 fully saturated rings. The van der Waals surface area contributed by atoms with E-state index in [2.05, 4.69) is 39.3 Å². The Balaban J connectivity index is 2.38. The van der Waals surface area contributed by atoms with Gasteiger partial charge in [-0.15, -0.1) is 0 Å². The van der Waals surface area contributed by atoms with Crippen LogP contribution in [0, 0.1) is 0 Å². The zero-order valence-corrected chi connectivity index (χ0v) is 15.4. The Labute approximate surface area is 124 Å². The SMILES string of the molecule is C[Si](C)(C)O[C@@]1(c2ccccc2)CN([Si](C)(C)C)C1=O. The number of carbonyl (C=O) groups is 1. The summed E-state index contributed by atoms with van der Waals surface area (Å²) in [4.78, 5) is 12.9. The normalized spacial score (nSPS) is 23.7. The van der Waals surface area contributed by atoms with Crippen molar-refractivity contribution in [2.45, 2.75) is 44.9 Å². The average molecular weight is 308 g/mol.